The predicted molar refractivity (Wildman–Crippen MR) is 138 cm³/mol. The van der Waals surface area contributed by atoms with Gasteiger partial charge in [0.1, 0.15) is 23.0 Å². The first-order valence-electron chi connectivity index (χ1n) is 12.2. The minimum atomic E-state index is -0.187. The molecule has 0 aromatic heterocycles. The van der Waals surface area contributed by atoms with Crippen LogP contribution in [0.1, 0.15) is 70.5 Å². The molecule has 190 valence electrons. The second-order valence-corrected chi connectivity index (χ2v) is 8.64. The molecule has 1 N–H and O–H groups in total. The maximum Gasteiger partial charge on any atom is 0.136 e. The van der Waals surface area contributed by atoms with Gasteiger partial charge in [0.2, 0.25) is 0 Å². The Labute approximate surface area is 204 Å². The third-order valence-corrected chi connectivity index (χ3v) is 5.97. The predicted octanol–water partition coefficient (Wildman–Crippen LogP) is 6.62. The van der Waals surface area contributed by atoms with E-state index in [4.69, 9.17) is 28.8 Å². The summed E-state index contributed by atoms with van der Waals surface area (Å²) in [5, 5.41) is 10.5. The minimum Gasteiger partial charge on any atom is -0.496 e. The van der Waals surface area contributed by atoms with Gasteiger partial charge in [-0.05, 0) is 51.3 Å². The van der Waals surface area contributed by atoms with Crippen molar-refractivity contribution < 1.29 is 28.8 Å². The van der Waals surface area contributed by atoms with Crippen molar-refractivity contribution in [3.8, 4) is 23.0 Å². The molecule has 0 spiro atoms. The summed E-state index contributed by atoms with van der Waals surface area (Å²) in [4.78, 5) is 0. The summed E-state index contributed by atoms with van der Waals surface area (Å²) < 4.78 is 29.5. The van der Waals surface area contributed by atoms with Gasteiger partial charge >= 0.3 is 0 Å². The average Bonchev–Trinajstić information content (AvgIpc) is 2.85. The zero-order valence-electron chi connectivity index (χ0n) is 21.7. The van der Waals surface area contributed by atoms with E-state index in [1.165, 1.54) is 5.57 Å². The molecule has 0 bridgehead atoms. The Balaban J connectivity index is 2.40. The lowest BCUT2D eigenvalue weighted by Gasteiger charge is -2.24. The van der Waals surface area contributed by atoms with E-state index in [0.29, 0.717) is 29.6 Å². The first-order valence-corrected chi connectivity index (χ1v) is 12.2. The summed E-state index contributed by atoms with van der Waals surface area (Å²) in [7, 11) is 6.63. The van der Waals surface area contributed by atoms with Gasteiger partial charge in [-0.15, -0.1) is 0 Å². The van der Waals surface area contributed by atoms with Gasteiger partial charge in [-0.2, -0.15) is 0 Å². The largest absolute Gasteiger partial charge is 0.496 e. The molecule has 2 rings (SSSR count). The van der Waals surface area contributed by atoms with Crippen LogP contribution in [0.5, 0.6) is 23.0 Å². The standard InChI is InChI=1S/C28H42O6/c1-20(2)13-14-22(34-18-12-10-8-7-9-11-17-29)21-19-25(32-5)26-23(30-3)15-16-24(31-4)27(26)28(21)33-6/h13,15-16,19,22,29H,7-12,14,17-18H2,1-6H3/t22-/m0/s1. The maximum absolute atomic E-state index is 8.92. The molecule has 0 aliphatic carbocycles. The molecule has 2 aromatic rings. The number of aliphatic hydroxyl groups is 1. The monoisotopic (exact) mass is 474 g/mol. The smallest absolute Gasteiger partial charge is 0.136 e. The van der Waals surface area contributed by atoms with Crippen molar-refractivity contribution in [3.05, 3.63) is 35.4 Å². The van der Waals surface area contributed by atoms with Crippen molar-refractivity contribution in [1.29, 1.82) is 0 Å². The molecule has 2 aromatic carbocycles. The summed E-state index contributed by atoms with van der Waals surface area (Å²) in [5.41, 5.74) is 2.17. The van der Waals surface area contributed by atoms with Crippen molar-refractivity contribution in [2.45, 2.75) is 64.9 Å². The first kappa shape index (κ1) is 27.8. The number of unbranched alkanes of at least 4 members (excludes halogenated alkanes) is 5. The summed E-state index contributed by atoms with van der Waals surface area (Å²) >= 11 is 0. The highest BCUT2D eigenvalue weighted by Crippen LogP contribution is 2.48. The SMILES string of the molecule is COc1ccc(OC)c2c(OC)c([C@H](CC=C(C)C)OCCCCCCCCO)cc(OC)c12. The van der Waals surface area contributed by atoms with Gasteiger partial charge in [0.25, 0.3) is 0 Å². The lowest BCUT2D eigenvalue weighted by molar-refractivity contribution is 0.0501. The first-order chi connectivity index (χ1) is 16.5. The molecule has 0 heterocycles. The van der Waals surface area contributed by atoms with Crippen LogP contribution in [0.3, 0.4) is 0 Å². The van der Waals surface area contributed by atoms with Crippen molar-refractivity contribution >= 4 is 10.8 Å². The quantitative estimate of drug-likeness (QED) is 0.218. The highest BCUT2D eigenvalue weighted by atomic mass is 16.5. The summed E-state index contributed by atoms with van der Waals surface area (Å²) in [6.07, 6.45) is 9.13. The second kappa shape index (κ2) is 14.7. The van der Waals surface area contributed by atoms with Gasteiger partial charge in [0.05, 0.1) is 45.3 Å². The van der Waals surface area contributed by atoms with Crippen LogP contribution in [0.25, 0.3) is 10.8 Å². The van der Waals surface area contributed by atoms with Gasteiger partial charge in [-0.25, -0.2) is 0 Å². The lowest BCUT2D eigenvalue weighted by Crippen LogP contribution is -2.09. The number of hydrogen-bond donors (Lipinski definition) is 1. The Morgan fingerprint density at radius 3 is 1.94 bits per heavy atom. The molecule has 6 nitrogen and oxygen atoms in total. The Hall–Kier alpha value is -2.44. The second-order valence-electron chi connectivity index (χ2n) is 8.64. The van der Waals surface area contributed by atoms with E-state index in [2.05, 4.69) is 19.9 Å². The van der Waals surface area contributed by atoms with Gasteiger partial charge in [-0.1, -0.05) is 37.3 Å². The van der Waals surface area contributed by atoms with Crippen LogP contribution < -0.4 is 18.9 Å². The van der Waals surface area contributed by atoms with E-state index in [9.17, 15) is 0 Å². The lowest BCUT2D eigenvalue weighted by atomic mass is 9.97. The molecular weight excluding hydrogens is 432 g/mol. The van der Waals surface area contributed by atoms with E-state index < -0.39 is 0 Å². The molecule has 0 saturated carbocycles. The molecule has 0 unspecified atom stereocenters. The highest BCUT2D eigenvalue weighted by Gasteiger charge is 2.25. The number of hydrogen-bond acceptors (Lipinski definition) is 6. The third-order valence-electron chi connectivity index (χ3n) is 5.97. The van der Waals surface area contributed by atoms with Gasteiger partial charge in [0, 0.05) is 18.8 Å². The zero-order chi connectivity index (χ0) is 24.9. The Morgan fingerprint density at radius 2 is 1.38 bits per heavy atom. The van der Waals surface area contributed by atoms with Crippen LogP contribution in [-0.2, 0) is 4.74 Å². The van der Waals surface area contributed by atoms with E-state index >= 15 is 0 Å². The molecule has 0 amide bonds. The molecule has 0 saturated heterocycles. The number of benzene rings is 2. The molecule has 0 aliphatic heterocycles. The van der Waals surface area contributed by atoms with Gasteiger partial charge in [0.15, 0.2) is 0 Å². The molecule has 1 atom stereocenters. The maximum atomic E-state index is 8.92. The van der Waals surface area contributed by atoms with Crippen molar-refractivity contribution in [1.82, 2.24) is 0 Å². The van der Waals surface area contributed by atoms with Crippen LogP contribution in [0, 0.1) is 0 Å². The molecular formula is C28H42O6. The number of methoxy groups -OCH3 is 4. The van der Waals surface area contributed by atoms with Crippen LogP contribution >= 0.6 is 0 Å². The van der Waals surface area contributed by atoms with Crippen molar-refractivity contribution in [2.24, 2.45) is 0 Å². The van der Waals surface area contributed by atoms with E-state index in [1.807, 2.05) is 18.2 Å². The van der Waals surface area contributed by atoms with Gasteiger partial charge in [-0.3, -0.25) is 0 Å². The fraction of sp³-hybridized carbons (Fsp3) is 0.571. The fourth-order valence-electron chi connectivity index (χ4n) is 4.19. The van der Waals surface area contributed by atoms with Crippen molar-refractivity contribution in [2.75, 3.05) is 41.7 Å². The Bertz CT molecular complexity index is 917. The fourth-order valence-corrected chi connectivity index (χ4v) is 4.19. The zero-order valence-corrected chi connectivity index (χ0v) is 21.7. The number of ether oxygens (including phenoxy) is 5. The highest BCUT2D eigenvalue weighted by molar-refractivity contribution is 6.03. The Morgan fingerprint density at radius 1 is 0.794 bits per heavy atom. The Kier molecular flexibility index (Phi) is 12.1. The number of allylic oxidation sites excluding steroid dienone is 1. The topological polar surface area (TPSA) is 66.4 Å². The molecule has 6 heteroatoms. The minimum absolute atomic E-state index is 0.187. The summed E-state index contributed by atoms with van der Waals surface area (Å²) in [6.45, 7) is 5.13. The molecule has 34 heavy (non-hydrogen) atoms. The number of aliphatic hydroxyl groups excluding tert-OH is 1. The number of fused-ring (bicyclic) bond motifs is 1. The summed E-state index contributed by atoms with van der Waals surface area (Å²) in [6, 6.07) is 5.76. The van der Waals surface area contributed by atoms with Crippen molar-refractivity contribution in [3.63, 3.8) is 0 Å². The van der Waals surface area contributed by atoms with Crippen LogP contribution in [0.2, 0.25) is 0 Å². The van der Waals surface area contributed by atoms with E-state index in [1.54, 1.807) is 28.4 Å². The summed E-state index contributed by atoms with van der Waals surface area (Å²) in [5.74, 6) is 2.79. The van der Waals surface area contributed by atoms with Gasteiger partial charge < -0.3 is 28.8 Å². The normalized spacial score (nSPS) is 11.9. The van der Waals surface area contributed by atoms with Crippen LogP contribution in [0.4, 0.5) is 0 Å². The van der Waals surface area contributed by atoms with E-state index in [0.717, 1.165) is 61.3 Å². The molecule has 0 radical (unpaired) electrons. The molecule has 0 fully saturated rings. The molecule has 0 aliphatic rings. The van der Waals surface area contributed by atoms with E-state index in [-0.39, 0.29) is 12.7 Å². The third kappa shape index (κ3) is 7.28. The number of rotatable bonds is 16. The average molecular weight is 475 g/mol. The van der Waals surface area contributed by atoms with Crippen LogP contribution in [-0.4, -0.2) is 46.8 Å². The van der Waals surface area contributed by atoms with Crippen LogP contribution in [0.15, 0.2) is 29.8 Å².